The molecule has 68 heavy (non-hydrogen) atoms. The first-order valence-corrected chi connectivity index (χ1v) is 23.9. The first-order chi connectivity index (χ1) is 32.6. The minimum Gasteiger partial charge on any atom is -0.508 e. The molecule has 1 aliphatic heterocycles. The zero-order valence-electron chi connectivity index (χ0n) is 36.6. The van der Waals surface area contributed by atoms with E-state index in [9.17, 15) is 48.6 Å². The molecule has 0 unspecified atom stereocenters. The average molecular weight is 971 g/mol. The fourth-order valence-corrected chi connectivity index (χ4v) is 8.93. The van der Waals surface area contributed by atoms with Crippen molar-refractivity contribution in [3.05, 3.63) is 131 Å². The van der Waals surface area contributed by atoms with E-state index in [0.717, 1.165) is 21.6 Å². The molecule has 1 saturated heterocycles. The van der Waals surface area contributed by atoms with Crippen molar-refractivity contribution in [1.29, 1.82) is 0 Å². The fourth-order valence-electron chi connectivity index (χ4n) is 6.60. The summed E-state index contributed by atoms with van der Waals surface area (Å²) in [5.74, 6) is -6.51. The Morgan fingerprint density at radius 1 is 0.529 bits per heavy atom. The van der Waals surface area contributed by atoms with Crippen LogP contribution in [0, 0.1) is 0 Å². The summed E-state index contributed by atoms with van der Waals surface area (Å²) < 4.78 is 0. The molecule has 5 rings (SSSR count). The number of hydrogen-bond donors (Lipinski definition) is 12. The Labute approximate surface area is 399 Å². The number of benzene rings is 4. The van der Waals surface area contributed by atoms with Gasteiger partial charge in [0.15, 0.2) is 0 Å². The van der Waals surface area contributed by atoms with Crippen LogP contribution in [-0.4, -0.2) is 118 Å². The first kappa shape index (κ1) is 51.8. The molecule has 0 saturated carbocycles. The minimum atomic E-state index is -1.30. The quantitative estimate of drug-likeness (QED) is 0.0738. The van der Waals surface area contributed by atoms with E-state index in [4.69, 9.17) is 11.5 Å². The van der Waals surface area contributed by atoms with Crippen molar-refractivity contribution >= 4 is 68.8 Å². The van der Waals surface area contributed by atoms with Gasteiger partial charge in [0.1, 0.15) is 35.7 Å². The SMILES string of the molecule is N[C@@H](Cc1ccc(O)cc1)C(=O)N[C@@H]1CSSC[C@@H](NC(=O)[C@@H](N)Cc2ccc(O)cc2)C(=O)NCC(=O)N[C@@H](Cc2ccccc2)C(=O)NNC(=O)[C@H](Cc2ccccc2)NC(=O)CNC1=O. The lowest BCUT2D eigenvalue weighted by Crippen LogP contribution is -2.59. The van der Waals surface area contributed by atoms with Gasteiger partial charge in [0, 0.05) is 24.3 Å². The van der Waals surface area contributed by atoms with Crippen LogP contribution >= 0.6 is 21.6 Å². The number of amides is 8. The number of hydrazine groups is 1. The smallest absolute Gasteiger partial charge is 0.261 e. The highest BCUT2D eigenvalue weighted by Crippen LogP contribution is 2.24. The number of nitrogens with one attached hydrogen (secondary N) is 8. The van der Waals surface area contributed by atoms with Gasteiger partial charge in [-0.1, -0.05) is 107 Å². The van der Waals surface area contributed by atoms with E-state index in [1.807, 2.05) is 0 Å². The molecule has 6 atom stereocenters. The highest BCUT2D eigenvalue weighted by atomic mass is 33.1. The van der Waals surface area contributed by atoms with Crippen molar-refractivity contribution in [2.24, 2.45) is 11.5 Å². The summed E-state index contributed by atoms with van der Waals surface area (Å²) in [5, 5.41) is 34.7. The molecule has 20 nitrogen and oxygen atoms in total. The van der Waals surface area contributed by atoms with Crippen LogP contribution in [-0.2, 0) is 64.0 Å². The highest BCUT2D eigenvalue weighted by Gasteiger charge is 2.30. The van der Waals surface area contributed by atoms with Crippen LogP contribution in [0.25, 0.3) is 0 Å². The van der Waals surface area contributed by atoms with Crippen LogP contribution < -0.4 is 54.2 Å². The monoisotopic (exact) mass is 970 g/mol. The molecular weight excluding hydrogens is 917 g/mol. The van der Waals surface area contributed by atoms with Gasteiger partial charge < -0.3 is 53.6 Å². The standard InChI is InChI=1S/C46H54N10O10S2/c47-33(19-29-11-15-31(57)16-12-29)41(61)53-37-25-67-68-26-38(54-42(62)34(48)20-30-13-17-32(58)18-14-30)44(64)50-24-40(60)52-36(22-28-9-5-2-6-10-28)46(66)56-55-45(65)35(21-27-7-3-1-4-8-27)51-39(59)23-49-43(37)63/h1-18,33-38,57-58H,19-26,47-48H2,(H,49,63)(H,50,64)(H,51,59)(H,52,60)(H,53,61)(H,54,62)(H,55,65)(H,56,66)/t33-,34-,35-,36-,37+,38+/m0/s1. The van der Waals surface area contributed by atoms with Gasteiger partial charge in [-0.2, -0.15) is 0 Å². The summed E-state index contributed by atoms with van der Waals surface area (Å²) in [4.78, 5) is 108. The molecule has 0 aromatic heterocycles. The highest BCUT2D eigenvalue weighted by molar-refractivity contribution is 8.76. The van der Waals surface area contributed by atoms with Crippen LogP contribution in [0.1, 0.15) is 22.3 Å². The molecule has 4 aromatic carbocycles. The van der Waals surface area contributed by atoms with Crippen LogP contribution in [0.3, 0.4) is 0 Å². The van der Waals surface area contributed by atoms with E-state index in [0.29, 0.717) is 22.3 Å². The number of carbonyl (C=O) groups excluding carboxylic acids is 8. The van der Waals surface area contributed by atoms with Crippen molar-refractivity contribution in [1.82, 2.24) is 42.8 Å². The largest absolute Gasteiger partial charge is 0.508 e. The molecule has 22 heteroatoms. The van der Waals surface area contributed by atoms with Crippen molar-refractivity contribution in [2.45, 2.75) is 61.9 Å². The predicted octanol–water partition coefficient (Wildman–Crippen LogP) is -1.26. The third-order valence-electron chi connectivity index (χ3n) is 10.3. The van der Waals surface area contributed by atoms with E-state index in [1.54, 1.807) is 84.9 Å². The number of rotatable bonds is 12. The van der Waals surface area contributed by atoms with Crippen molar-refractivity contribution in [3.63, 3.8) is 0 Å². The van der Waals surface area contributed by atoms with Crippen molar-refractivity contribution < 1.29 is 48.6 Å². The van der Waals surface area contributed by atoms with Gasteiger partial charge in [0.2, 0.25) is 35.4 Å². The molecule has 1 heterocycles. The third-order valence-corrected chi connectivity index (χ3v) is 12.7. The number of nitrogens with two attached hydrogens (primary N) is 2. The van der Waals surface area contributed by atoms with Gasteiger partial charge in [-0.3, -0.25) is 49.2 Å². The van der Waals surface area contributed by atoms with Crippen molar-refractivity contribution in [2.75, 3.05) is 24.6 Å². The average Bonchev–Trinajstić information content (AvgIpc) is 3.33. The Morgan fingerprint density at radius 2 is 0.882 bits per heavy atom. The second kappa shape index (κ2) is 26.3. The van der Waals surface area contributed by atoms with Crippen molar-refractivity contribution in [3.8, 4) is 11.5 Å². The van der Waals surface area contributed by atoms with E-state index in [2.05, 4.69) is 42.8 Å². The van der Waals surface area contributed by atoms with E-state index < -0.39 is 96.6 Å². The van der Waals surface area contributed by atoms with Gasteiger partial charge in [0.25, 0.3) is 11.8 Å². The number of hydrogen-bond acceptors (Lipinski definition) is 14. The maximum atomic E-state index is 13.7. The van der Waals surface area contributed by atoms with Gasteiger partial charge in [0.05, 0.1) is 25.2 Å². The summed E-state index contributed by atoms with van der Waals surface area (Å²) in [7, 11) is 2.08. The lowest BCUT2D eigenvalue weighted by molar-refractivity contribution is -0.134. The van der Waals surface area contributed by atoms with E-state index in [1.165, 1.54) is 24.3 Å². The maximum Gasteiger partial charge on any atom is 0.261 e. The summed E-state index contributed by atoms with van der Waals surface area (Å²) in [6.07, 6.45) is 0.0487. The Balaban J connectivity index is 1.37. The second-order valence-corrected chi connectivity index (χ2v) is 18.2. The Bertz CT molecular complexity index is 2200. The molecule has 0 spiro atoms. The van der Waals surface area contributed by atoms with Gasteiger partial charge in [-0.05, 0) is 59.4 Å². The first-order valence-electron chi connectivity index (χ1n) is 21.4. The Morgan fingerprint density at radius 3 is 1.24 bits per heavy atom. The molecule has 14 N–H and O–H groups in total. The number of carbonyl (C=O) groups is 8. The molecule has 0 aliphatic carbocycles. The van der Waals surface area contributed by atoms with Crippen LogP contribution in [0.2, 0.25) is 0 Å². The van der Waals surface area contributed by atoms with Crippen LogP contribution in [0.15, 0.2) is 109 Å². The predicted molar refractivity (Wildman–Crippen MR) is 255 cm³/mol. The van der Waals surface area contributed by atoms with Gasteiger partial charge in [-0.15, -0.1) is 0 Å². The number of aromatic hydroxyl groups is 2. The maximum absolute atomic E-state index is 13.7. The lowest BCUT2D eigenvalue weighted by Gasteiger charge is -2.24. The molecule has 8 amide bonds. The zero-order valence-corrected chi connectivity index (χ0v) is 38.3. The molecule has 1 fully saturated rings. The summed E-state index contributed by atoms with van der Waals surface area (Å²) >= 11 is 0. The molecule has 1 aliphatic rings. The minimum absolute atomic E-state index is 0.0180. The van der Waals surface area contributed by atoms with E-state index in [-0.39, 0.29) is 48.7 Å². The van der Waals surface area contributed by atoms with Crippen LogP contribution in [0.4, 0.5) is 0 Å². The molecule has 0 radical (unpaired) electrons. The second-order valence-electron chi connectivity index (χ2n) is 15.7. The van der Waals surface area contributed by atoms with Gasteiger partial charge >= 0.3 is 0 Å². The Hall–Kier alpha value is -7.14. The third kappa shape index (κ3) is 17.3. The number of phenols is 2. The number of phenolic OH excluding ortho intramolecular Hbond substituents is 2. The summed E-state index contributed by atoms with van der Waals surface area (Å²) in [6, 6.07) is 22.1. The Kier molecular flexibility index (Phi) is 20.0. The zero-order chi connectivity index (χ0) is 49.0. The fraction of sp³-hybridized carbons (Fsp3) is 0.304. The molecule has 0 bridgehead atoms. The van der Waals surface area contributed by atoms with Gasteiger partial charge in [-0.25, -0.2) is 0 Å². The summed E-state index contributed by atoms with van der Waals surface area (Å²) in [5.41, 5.74) is 19.6. The molecule has 360 valence electrons. The lowest BCUT2D eigenvalue weighted by atomic mass is 10.0. The summed E-state index contributed by atoms with van der Waals surface area (Å²) in [6.45, 7) is -1.28. The normalized spacial score (nSPS) is 20.2. The molecule has 4 aromatic rings. The van der Waals surface area contributed by atoms with Crippen LogP contribution in [0.5, 0.6) is 11.5 Å². The topological polar surface area (TPSA) is 325 Å². The van der Waals surface area contributed by atoms with E-state index >= 15 is 0 Å². The molecular formula is C46H54N10O10S2.